The van der Waals surface area contributed by atoms with Crippen molar-refractivity contribution in [3.63, 3.8) is 0 Å². The van der Waals surface area contributed by atoms with E-state index in [1.165, 1.54) is 43.9 Å². The van der Waals surface area contributed by atoms with Gasteiger partial charge in [0, 0.05) is 74.1 Å². The van der Waals surface area contributed by atoms with E-state index in [0.29, 0.717) is 44.5 Å². The van der Waals surface area contributed by atoms with Crippen LogP contribution in [0.4, 0.5) is 0 Å². The van der Waals surface area contributed by atoms with Crippen molar-refractivity contribution in [1.82, 2.24) is 19.6 Å². The van der Waals surface area contributed by atoms with E-state index < -0.39 is 72.5 Å². The van der Waals surface area contributed by atoms with Crippen molar-refractivity contribution in [2.24, 2.45) is 0 Å². The van der Waals surface area contributed by atoms with Crippen molar-refractivity contribution in [2.45, 2.75) is 254 Å². The van der Waals surface area contributed by atoms with Crippen LogP contribution in [0.25, 0.3) is 0 Å². The standard InChI is InChI=1S/4C30H31NO6/c4*32-26-16-15-22-18-31(29(33)27(21-11-5-2-6-12-21)37-23-13-7-8-14-23)25(30(34)35)17-24(22)28(26)36-19-20-9-3-1-4-10-20/h4*1-6,9-12,15-16,23,25,27,32H,7-8,13-14,17-19H2,(H,34,35)/t2*25-,27+;2*25-,27-/m1010/s1. The molecule has 12 aromatic rings. The number of fused-ring (bicyclic) bond motifs is 4. The summed E-state index contributed by atoms with van der Waals surface area (Å²) in [5.41, 5.74) is 12.0. The van der Waals surface area contributed by atoms with Crippen LogP contribution in [0.15, 0.2) is 291 Å². The number of carboxylic acid groups (broad SMARTS) is 4. The molecule has 20 rings (SSSR count). The number of carbonyl (C=O) groups excluding carboxylic acids is 4. The number of ether oxygens (including phenoxy) is 8. The molecule has 12 aromatic carbocycles. The zero-order valence-electron chi connectivity index (χ0n) is 82.3. The van der Waals surface area contributed by atoms with Crippen LogP contribution >= 0.6 is 0 Å². The molecule has 8 aliphatic rings. The molecule has 8 atom stereocenters. The van der Waals surface area contributed by atoms with Gasteiger partial charge in [-0.25, -0.2) is 19.2 Å². The number of rotatable bonds is 32. The van der Waals surface area contributed by atoms with Gasteiger partial charge < -0.3 is 98.3 Å². The number of hydrogen-bond donors (Lipinski definition) is 8. The quantitative estimate of drug-likeness (QED) is 0.0194. The number of phenols is 4. The van der Waals surface area contributed by atoms with Gasteiger partial charge in [-0.05, 0) is 142 Å². The Hall–Kier alpha value is -15.4. The highest BCUT2D eigenvalue weighted by Gasteiger charge is 2.47. The summed E-state index contributed by atoms with van der Waals surface area (Å²) >= 11 is 0. The van der Waals surface area contributed by atoms with Gasteiger partial charge >= 0.3 is 23.9 Å². The molecule has 8 N–H and O–H groups in total. The summed E-state index contributed by atoms with van der Waals surface area (Å²) in [6.07, 6.45) is 12.1. The third kappa shape index (κ3) is 25.6. The van der Waals surface area contributed by atoms with Crippen LogP contribution < -0.4 is 18.9 Å². The van der Waals surface area contributed by atoms with Crippen LogP contribution in [0.2, 0.25) is 0 Å². The fourth-order valence-corrected chi connectivity index (χ4v) is 21.0. The van der Waals surface area contributed by atoms with Crippen LogP contribution in [-0.2, 0) is 136 Å². The molecular weight excluding hydrogens is 1880 g/mol. The minimum Gasteiger partial charge on any atom is -0.504 e. The second-order valence-electron chi connectivity index (χ2n) is 38.7. The van der Waals surface area contributed by atoms with Gasteiger partial charge in [-0.2, -0.15) is 0 Å². The van der Waals surface area contributed by atoms with Crippen LogP contribution in [0, 0.1) is 0 Å². The molecule has 0 spiro atoms. The highest BCUT2D eigenvalue weighted by atomic mass is 16.5. The van der Waals surface area contributed by atoms with E-state index in [1.54, 1.807) is 24.3 Å². The normalized spacial score (nSPS) is 18.3. The number of aliphatic carboxylic acids is 4. The maximum Gasteiger partial charge on any atom is 0.326 e. The third-order valence-electron chi connectivity index (χ3n) is 28.8. The number of carboxylic acids is 4. The van der Waals surface area contributed by atoms with Crippen LogP contribution in [0.3, 0.4) is 0 Å². The lowest BCUT2D eigenvalue weighted by molar-refractivity contribution is -0.160. The Labute approximate surface area is 859 Å². The highest BCUT2D eigenvalue weighted by Crippen LogP contribution is 2.47. The van der Waals surface area contributed by atoms with E-state index in [9.17, 15) is 79.2 Å². The molecule has 4 saturated carbocycles. The molecule has 0 bridgehead atoms. The summed E-state index contributed by atoms with van der Waals surface area (Å²) in [4.78, 5) is 111. The molecule has 0 unspecified atom stereocenters. The lowest BCUT2D eigenvalue weighted by atomic mass is 9.91. The summed E-state index contributed by atoms with van der Waals surface area (Å²) in [5, 5.41) is 82.9. The first-order valence-electron chi connectivity index (χ1n) is 51.0. The van der Waals surface area contributed by atoms with Crippen molar-refractivity contribution in [2.75, 3.05) is 0 Å². The molecule has 0 aromatic heterocycles. The Morgan fingerprint density at radius 1 is 0.236 bits per heavy atom. The van der Waals surface area contributed by atoms with Crippen LogP contribution in [0.1, 0.15) is 216 Å². The number of amides is 4. The number of phenolic OH excluding ortho intramolecular Hbond substituents is 4. The molecule has 4 amide bonds. The van der Waals surface area contributed by atoms with Crippen molar-refractivity contribution in [3.05, 3.63) is 380 Å². The summed E-state index contributed by atoms with van der Waals surface area (Å²) in [7, 11) is 0. The van der Waals surface area contributed by atoms with Gasteiger partial charge in [0.25, 0.3) is 23.6 Å². The summed E-state index contributed by atoms with van der Waals surface area (Å²) in [5.74, 6) is -5.03. The van der Waals surface area contributed by atoms with E-state index in [-0.39, 0.29) is 172 Å². The maximum absolute atomic E-state index is 13.9. The molecule has 768 valence electrons. The molecule has 4 heterocycles. The minimum atomic E-state index is -1.11. The average molecular weight is 2010 g/mol. The van der Waals surface area contributed by atoms with E-state index in [2.05, 4.69) is 0 Å². The van der Waals surface area contributed by atoms with Crippen molar-refractivity contribution >= 4 is 47.5 Å². The molecule has 28 heteroatoms. The number of nitrogens with zero attached hydrogens (tertiary/aromatic N) is 4. The molecule has 148 heavy (non-hydrogen) atoms. The predicted molar refractivity (Wildman–Crippen MR) is 548 cm³/mol. The second kappa shape index (κ2) is 49.7. The Kier molecular flexibility index (Phi) is 34.9. The first kappa shape index (κ1) is 104. The van der Waals surface area contributed by atoms with Gasteiger partial charge in [0.2, 0.25) is 0 Å². The van der Waals surface area contributed by atoms with E-state index >= 15 is 0 Å². The summed E-state index contributed by atoms with van der Waals surface area (Å²) < 4.78 is 49.2. The Balaban J connectivity index is 0.000000135. The molecule has 0 radical (unpaired) electrons. The van der Waals surface area contributed by atoms with Gasteiger partial charge in [-0.15, -0.1) is 0 Å². The van der Waals surface area contributed by atoms with Crippen molar-refractivity contribution in [3.8, 4) is 46.0 Å². The summed E-state index contributed by atoms with van der Waals surface area (Å²) in [6.45, 7) is 1.28. The highest BCUT2D eigenvalue weighted by molar-refractivity contribution is 5.92. The Morgan fingerprint density at radius 2 is 0.405 bits per heavy atom. The summed E-state index contributed by atoms with van der Waals surface area (Å²) in [6, 6.07) is 83.9. The zero-order chi connectivity index (χ0) is 103. The third-order valence-corrected chi connectivity index (χ3v) is 28.8. The number of hydrogen-bond acceptors (Lipinski definition) is 20. The van der Waals surface area contributed by atoms with Crippen molar-refractivity contribution < 1.29 is 117 Å². The topological polar surface area (TPSA) is 385 Å². The fraction of sp³-hybridized carbons (Fsp3) is 0.333. The maximum atomic E-state index is 13.9. The first-order chi connectivity index (χ1) is 72.0. The molecule has 4 aliphatic heterocycles. The van der Waals surface area contributed by atoms with Gasteiger partial charge in [-0.3, -0.25) is 19.2 Å². The van der Waals surface area contributed by atoms with E-state index in [4.69, 9.17) is 37.9 Å². The largest absolute Gasteiger partial charge is 0.504 e. The minimum absolute atomic E-state index is 0.0237. The number of aromatic hydroxyl groups is 4. The SMILES string of the molecule is O=C(O)[C@@H]1Cc2c(ccc(O)c2OCc2ccccc2)CN1C(=O)[C@@H](OC1CCCC1)c1ccccc1.O=C(O)[C@@H]1Cc2c(ccc(O)c2OCc2ccccc2)CN1C(=O)[C@H](OC1CCCC1)c1ccccc1.O=C(O)[C@H]1Cc2c(ccc(O)c2OCc2ccccc2)CN1C(=O)[C@@H](OC1CCCC1)c1ccccc1.O=C(O)[C@H]1Cc2c(ccc(O)c2OCc2ccccc2)CN1C(=O)[C@H](OC1CCCC1)c1ccccc1. The number of benzene rings is 12. The van der Waals surface area contributed by atoms with Crippen LogP contribution in [0.5, 0.6) is 46.0 Å². The zero-order valence-corrected chi connectivity index (χ0v) is 82.3. The smallest absolute Gasteiger partial charge is 0.326 e. The van der Waals surface area contributed by atoms with Crippen LogP contribution in [-0.4, -0.2) is 157 Å². The first-order valence-corrected chi connectivity index (χ1v) is 51.0. The van der Waals surface area contributed by atoms with Gasteiger partial charge in [-0.1, -0.05) is 318 Å². The van der Waals surface area contributed by atoms with Gasteiger partial charge in [0.05, 0.1) is 24.4 Å². The molecule has 0 saturated heterocycles. The predicted octanol–water partition coefficient (Wildman–Crippen LogP) is 20.0. The monoisotopic (exact) mass is 2000 g/mol. The lowest BCUT2D eigenvalue weighted by Gasteiger charge is -2.37. The van der Waals surface area contributed by atoms with Gasteiger partial charge in [0.1, 0.15) is 50.6 Å². The lowest BCUT2D eigenvalue weighted by Crippen LogP contribution is -2.50. The molecule has 28 nitrogen and oxygen atoms in total. The Bertz CT molecular complexity index is 5740. The number of carbonyl (C=O) groups is 8. The van der Waals surface area contributed by atoms with Crippen molar-refractivity contribution in [1.29, 1.82) is 0 Å². The molecular formula is C120H124N4O24. The van der Waals surface area contributed by atoms with E-state index in [1.807, 2.05) is 243 Å². The Morgan fingerprint density at radius 3 is 0.574 bits per heavy atom. The fourth-order valence-electron chi connectivity index (χ4n) is 21.0. The average Bonchev–Trinajstić information content (AvgIpc) is 1.03. The van der Waals surface area contributed by atoms with E-state index in [0.717, 1.165) is 147 Å². The molecule has 4 fully saturated rings. The van der Waals surface area contributed by atoms with Gasteiger partial charge in [0.15, 0.2) is 70.4 Å². The second-order valence-corrected chi connectivity index (χ2v) is 38.7. The molecule has 4 aliphatic carbocycles.